The maximum atomic E-state index is 12.1. The summed E-state index contributed by atoms with van der Waals surface area (Å²) in [5.41, 5.74) is 12.4. The number of hydrogen-bond acceptors (Lipinski definition) is 2. The van der Waals surface area contributed by atoms with Crippen LogP contribution in [-0.2, 0) is 0 Å². The van der Waals surface area contributed by atoms with Crippen LogP contribution in [0, 0.1) is 0 Å². The Morgan fingerprint density at radius 2 is 1.20 bits per heavy atom. The molecule has 6 heteroatoms. The van der Waals surface area contributed by atoms with Crippen molar-refractivity contribution in [3.05, 3.63) is 60.7 Å². The van der Waals surface area contributed by atoms with Gasteiger partial charge in [-0.15, -0.1) is 0 Å². The highest BCUT2D eigenvalue weighted by molar-refractivity contribution is 5.36. The molecule has 140 valence electrons. The van der Waals surface area contributed by atoms with E-state index in [1.54, 1.807) is 0 Å². The van der Waals surface area contributed by atoms with Crippen LogP contribution in [0.1, 0.15) is 32.6 Å². The minimum Gasteiger partial charge on any atom is -0.399 e. The van der Waals surface area contributed by atoms with Crippen LogP contribution < -0.4 is 11.5 Å². The summed E-state index contributed by atoms with van der Waals surface area (Å²) in [7, 11) is 0. The van der Waals surface area contributed by atoms with Crippen LogP contribution in [0.2, 0.25) is 0 Å². The predicted octanol–water partition coefficient (Wildman–Crippen LogP) is 6.00. The number of unbranched alkanes of at least 4 members (excludes halogenated alkanes) is 2. The van der Waals surface area contributed by atoms with E-state index in [2.05, 4.69) is 0 Å². The number of benzene rings is 2. The fourth-order valence-electron chi connectivity index (χ4n) is 1.64. The Kier molecular flexibility index (Phi) is 11.9. The second kappa shape index (κ2) is 13.1. The number of para-hydroxylation sites is 2. The molecule has 1 atom stereocenters. The van der Waals surface area contributed by atoms with Gasteiger partial charge < -0.3 is 11.5 Å². The lowest BCUT2D eigenvalue weighted by molar-refractivity contribution is -0.182. The summed E-state index contributed by atoms with van der Waals surface area (Å²) in [6.07, 6.45) is -5.89. The smallest absolute Gasteiger partial charge is 0.399 e. The Balaban J connectivity index is 0.000000358. The minimum absolute atomic E-state index is 0.317. The SMILES string of the molecule is CCCCCC(F)C(F)(F)F.Nc1ccccc1.Nc1ccccc1. The van der Waals surface area contributed by atoms with E-state index in [0.29, 0.717) is 12.8 Å². The molecule has 0 saturated carbocycles. The Morgan fingerprint density at radius 3 is 1.44 bits per heavy atom. The van der Waals surface area contributed by atoms with Gasteiger partial charge in [-0.2, -0.15) is 13.2 Å². The van der Waals surface area contributed by atoms with E-state index in [9.17, 15) is 17.6 Å². The van der Waals surface area contributed by atoms with Gasteiger partial charge in [-0.1, -0.05) is 62.6 Å². The number of hydrogen-bond donors (Lipinski definition) is 2. The van der Waals surface area contributed by atoms with Crippen molar-refractivity contribution < 1.29 is 17.6 Å². The highest BCUT2D eigenvalue weighted by Crippen LogP contribution is 2.26. The Bertz CT molecular complexity index is 493. The van der Waals surface area contributed by atoms with Crippen LogP contribution in [0.3, 0.4) is 0 Å². The van der Waals surface area contributed by atoms with Crippen LogP contribution in [-0.4, -0.2) is 12.3 Å². The molecule has 0 saturated heterocycles. The highest BCUT2D eigenvalue weighted by Gasteiger charge is 2.39. The van der Waals surface area contributed by atoms with Crippen molar-refractivity contribution in [1.82, 2.24) is 0 Å². The molecule has 0 spiro atoms. The second-order valence-corrected chi connectivity index (χ2v) is 5.33. The van der Waals surface area contributed by atoms with Gasteiger partial charge >= 0.3 is 6.18 Å². The summed E-state index contributed by atoms with van der Waals surface area (Å²) in [4.78, 5) is 0. The third kappa shape index (κ3) is 13.9. The molecule has 0 aliphatic heterocycles. The minimum atomic E-state index is -4.66. The Morgan fingerprint density at radius 1 is 0.800 bits per heavy atom. The molecule has 0 bridgehead atoms. The largest absolute Gasteiger partial charge is 0.419 e. The standard InChI is InChI=1S/C7H12F4.2C6H7N/c1-2-3-4-5-6(8)7(9,10)11;2*7-6-4-2-1-3-5-6/h6H,2-5H2,1H3;2*1-5H,7H2. The lowest BCUT2D eigenvalue weighted by Crippen LogP contribution is -2.23. The Labute approximate surface area is 146 Å². The van der Waals surface area contributed by atoms with Crippen LogP contribution >= 0.6 is 0 Å². The molecule has 1 unspecified atom stereocenters. The summed E-state index contributed by atoms with van der Waals surface area (Å²) < 4.78 is 46.6. The molecule has 4 N–H and O–H groups in total. The van der Waals surface area contributed by atoms with E-state index in [4.69, 9.17) is 11.5 Å². The summed E-state index contributed by atoms with van der Waals surface area (Å²) in [5, 5.41) is 0. The molecular weight excluding hydrogens is 332 g/mol. The van der Waals surface area contributed by atoms with E-state index < -0.39 is 18.8 Å². The molecule has 0 aliphatic rings. The molecular formula is C19H26F4N2. The first kappa shape index (κ1) is 22.8. The van der Waals surface area contributed by atoms with E-state index in [-0.39, 0.29) is 0 Å². The van der Waals surface area contributed by atoms with Gasteiger partial charge in [0, 0.05) is 11.4 Å². The molecule has 2 aromatic rings. The number of nitrogen functional groups attached to an aromatic ring is 2. The first-order chi connectivity index (χ1) is 11.8. The zero-order chi connectivity index (χ0) is 19.1. The average molecular weight is 358 g/mol. The highest BCUT2D eigenvalue weighted by atomic mass is 19.4. The normalized spacial score (nSPS) is 11.4. The predicted molar refractivity (Wildman–Crippen MR) is 96.8 cm³/mol. The lowest BCUT2D eigenvalue weighted by atomic mass is 10.1. The first-order valence-corrected chi connectivity index (χ1v) is 8.09. The molecule has 0 aromatic heterocycles. The summed E-state index contributed by atoms with van der Waals surface area (Å²) in [6.45, 7) is 1.86. The zero-order valence-electron chi connectivity index (χ0n) is 14.3. The monoisotopic (exact) mass is 358 g/mol. The average Bonchev–Trinajstić information content (AvgIpc) is 2.57. The number of anilines is 2. The fourth-order valence-corrected chi connectivity index (χ4v) is 1.64. The molecule has 2 rings (SSSR count). The third-order valence-corrected chi connectivity index (χ3v) is 3.02. The summed E-state index contributed by atoms with van der Waals surface area (Å²) in [6, 6.07) is 19.0. The van der Waals surface area contributed by atoms with Gasteiger partial charge in [-0.25, -0.2) is 4.39 Å². The van der Waals surface area contributed by atoms with Crippen molar-refractivity contribution in [2.45, 2.75) is 45.0 Å². The first-order valence-electron chi connectivity index (χ1n) is 8.09. The van der Waals surface area contributed by atoms with Crippen LogP contribution in [0.25, 0.3) is 0 Å². The van der Waals surface area contributed by atoms with Crippen molar-refractivity contribution in [3.63, 3.8) is 0 Å². The summed E-state index contributed by atoms with van der Waals surface area (Å²) in [5.74, 6) is 0. The van der Waals surface area contributed by atoms with E-state index in [1.807, 2.05) is 67.6 Å². The van der Waals surface area contributed by atoms with E-state index >= 15 is 0 Å². The van der Waals surface area contributed by atoms with Crippen LogP contribution in [0.5, 0.6) is 0 Å². The molecule has 0 fully saturated rings. The zero-order valence-corrected chi connectivity index (χ0v) is 14.3. The van der Waals surface area contributed by atoms with Crippen LogP contribution in [0.15, 0.2) is 60.7 Å². The van der Waals surface area contributed by atoms with Crippen molar-refractivity contribution >= 4 is 11.4 Å². The molecule has 0 amide bonds. The fraction of sp³-hybridized carbons (Fsp3) is 0.368. The summed E-state index contributed by atoms with van der Waals surface area (Å²) >= 11 is 0. The number of halogens is 4. The molecule has 2 nitrogen and oxygen atoms in total. The number of nitrogens with two attached hydrogens (primary N) is 2. The maximum Gasteiger partial charge on any atom is 0.419 e. The lowest BCUT2D eigenvalue weighted by Gasteiger charge is -2.10. The molecule has 0 heterocycles. The topological polar surface area (TPSA) is 52.0 Å². The molecule has 25 heavy (non-hydrogen) atoms. The Hall–Kier alpha value is -2.24. The van der Waals surface area contributed by atoms with Gasteiger partial charge in [-0.3, -0.25) is 0 Å². The van der Waals surface area contributed by atoms with Crippen molar-refractivity contribution in [2.75, 3.05) is 11.5 Å². The van der Waals surface area contributed by atoms with Crippen molar-refractivity contribution in [1.29, 1.82) is 0 Å². The van der Waals surface area contributed by atoms with Crippen molar-refractivity contribution in [2.24, 2.45) is 0 Å². The molecule has 0 radical (unpaired) electrons. The van der Waals surface area contributed by atoms with Gasteiger partial charge in [0.05, 0.1) is 0 Å². The molecule has 0 aliphatic carbocycles. The maximum absolute atomic E-state index is 12.1. The van der Waals surface area contributed by atoms with Gasteiger partial charge in [0.2, 0.25) is 0 Å². The van der Waals surface area contributed by atoms with Gasteiger partial charge in [0.25, 0.3) is 0 Å². The molecule has 2 aromatic carbocycles. The second-order valence-electron chi connectivity index (χ2n) is 5.33. The van der Waals surface area contributed by atoms with E-state index in [1.165, 1.54) is 0 Å². The van der Waals surface area contributed by atoms with Gasteiger partial charge in [0.15, 0.2) is 6.17 Å². The third-order valence-electron chi connectivity index (χ3n) is 3.02. The van der Waals surface area contributed by atoms with Crippen molar-refractivity contribution in [3.8, 4) is 0 Å². The quantitative estimate of drug-likeness (QED) is 0.400. The van der Waals surface area contributed by atoms with Gasteiger partial charge in [-0.05, 0) is 30.7 Å². The number of rotatable bonds is 4. The van der Waals surface area contributed by atoms with Crippen LogP contribution in [0.4, 0.5) is 28.9 Å². The number of alkyl halides is 4. The van der Waals surface area contributed by atoms with Gasteiger partial charge in [0.1, 0.15) is 0 Å². The van der Waals surface area contributed by atoms with E-state index in [0.717, 1.165) is 17.8 Å².